The van der Waals surface area contributed by atoms with Gasteiger partial charge in [0.1, 0.15) is 6.26 Å². The molecule has 0 bridgehead atoms. The van der Waals surface area contributed by atoms with E-state index < -0.39 is 0 Å². The molecule has 0 unspecified atom stereocenters. The summed E-state index contributed by atoms with van der Waals surface area (Å²) >= 11 is 0. The van der Waals surface area contributed by atoms with Crippen molar-refractivity contribution in [3.05, 3.63) is 24.3 Å². The molecule has 1 saturated carbocycles. The van der Waals surface area contributed by atoms with Crippen molar-refractivity contribution in [2.45, 2.75) is 19.3 Å². The third kappa shape index (κ3) is 1.12. The van der Waals surface area contributed by atoms with Gasteiger partial charge in [-0.1, -0.05) is 0 Å². The molecular weight excluding hydrogens is 114 g/mol. The average Bonchev–Trinajstić information content (AvgIpc) is 2.46. The number of nitrogens with zero attached hydrogens (tertiary/aromatic N) is 1. The molecular formula is C7H8NO. The number of aromatic nitrogens is 1. The maximum absolute atomic E-state index is 5.05. The summed E-state index contributed by atoms with van der Waals surface area (Å²) in [7, 11) is 0. The Morgan fingerprint density at radius 3 is 3.00 bits per heavy atom. The molecule has 47 valence electrons. The van der Waals surface area contributed by atoms with Crippen molar-refractivity contribution < 1.29 is 4.42 Å². The molecule has 1 aromatic rings. The number of oxazole rings is 1. The van der Waals surface area contributed by atoms with E-state index in [2.05, 4.69) is 4.98 Å². The Labute approximate surface area is 53.9 Å². The Bertz CT molecular complexity index is 177. The predicted octanol–water partition coefficient (Wildman–Crippen LogP) is 1.59. The van der Waals surface area contributed by atoms with Crippen molar-refractivity contribution in [3.63, 3.8) is 0 Å². The van der Waals surface area contributed by atoms with Gasteiger partial charge in [-0.15, -0.1) is 0 Å². The highest BCUT2D eigenvalue weighted by atomic mass is 16.3. The molecule has 1 aliphatic rings. The summed E-state index contributed by atoms with van der Waals surface area (Å²) in [4.78, 5) is 4.01. The third-order valence-electron chi connectivity index (χ3n) is 1.49. The maximum Gasteiger partial charge on any atom is 0.194 e. The lowest BCUT2D eigenvalue weighted by atomic mass is 10.3. The van der Waals surface area contributed by atoms with Gasteiger partial charge in [0.15, 0.2) is 5.89 Å². The van der Waals surface area contributed by atoms with Crippen molar-refractivity contribution in [2.24, 2.45) is 0 Å². The Balaban J connectivity index is 1.99. The summed E-state index contributed by atoms with van der Waals surface area (Å²) in [6, 6.07) is 0. The van der Waals surface area contributed by atoms with E-state index in [1.807, 2.05) is 0 Å². The zero-order valence-electron chi connectivity index (χ0n) is 5.13. The molecule has 0 amide bonds. The van der Waals surface area contributed by atoms with Gasteiger partial charge >= 0.3 is 0 Å². The number of hydrogen-bond donors (Lipinski definition) is 0. The normalized spacial score (nSPS) is 18.2. The van der Waals surface area contributed by atoms with Gasteiger partial charge in [-0.2, -0.15) is 0 Å². The molecule has 9 heavy (non-hydrogen) atoms. The highest BCUT2D eigenvalue weighted by molar-refractivity contribution is 5.10. The monoisotopic (exact) mass is 122 g/mol. The number of hydrogen-bond acceptors (Lipinski definition) is 2. The van der Waals surface area contributed by atoms with Crippen LogP contribution in [0.25, 0.3) is 0 Å². The molecule has 1 fully saturated rings. The topological polar surface area (TPSA) is 26.0 Å². The average molecular weight is 122 g/mol. The van der Waals surface area contributed by atoms with Crippen LogP contribution < -0.4 is 0 Å². The van der Waals surface area contributed by atoms with E-state index in [4.69, 9.17) is 4.42 Å². The lowest BCUT2D eigenvalue weighted by molar-refractivity contribution is 0.503. The lowest BCUT2D eigenvalue weighted by Crippen LogP contribution is -1.82. The third-order valence-corrected chi connectivity index (χ3v) is 1.49. The molecule has 2 heteroatoms. The van der Waals surface area contributed by atoms with E-state index in [0.717, 1.165) is 12.3 Å². The molecule has 0 N–H and O–H groups in total. The predicted molar refractivity (Wildman–Crippen MR) is 32.7 cm³/mol. The lowest BCUT2D eigenvalue weighted by Gasteiger charge is -1.86. The Hall–Kier alpha value is -0.790. The van der Waals surface area contributed by atoms with Crippen LogP contribution in [0.2, 0.25) is 0 Å². The zero-order chi connectivity index (χ0) is 6.10. The summed E-state index contributed by atoms with van der Waals surface area (Å²) in [6.45, 7) is 0. The van der Waals surface area contributed by atoms with Crippen LogP contribution in [0.5, 0.6) is 0 Å². The molecule has 0 saturated heterocycles. The Morgan fingerprint density at radius 1 is 1.56 bits per heavy atom. The van der Waals surface area contributed by atoms with Gasteiger partial charge in [-0.3, -0.25) is 0 Å². The van der Waals surface area contributed by atoms with Crippen LogP contribution in [0.1, 0.15) is 18.7 Å². The summed E-state index contributed by atoms with van der Waals surface area (Å²) in [5, 5.41) is 0. The molecule has 2 nitrogen and oxygen atoms in total. The second-order valence-corrected chi connectivity index (χ2v) is 2.35. The van der Waals surface area contributed by atoms with Crippen molar-refractivity contribution in [1.82, 2.24) is 4.98 Å². The largest absolute Gasteiger partial charge is 0.449 e. The minimum Gasteiger partial charge on any atom is -0.449 e. The molecule has 0 aliphatic heterocycles. The Kier molecular flexibility index (Phi) is 1.04. The van der Waals surface area contributed by atoms with E-state index in [0.29, 0.717) is 0 Å². The summed E-state index contributed by atoms with van der Waals surface area (Å²) in [6.07, 6.45) is 6.84. The quantitative estimate of drug-likeness (QED) is 0.595. The SMILES string of the molecule is c1coc(C[C]2CC2)n1. The van der Waals surface area contributed by atoms with Crippen molar-refractivity contribution in [3.8, 4) is 0 Å². The zero-order valence-corrected chi connectivity index (χ0v) is 5.13. The summed E-state index contributed by atoms with van der Waals surface area (Å²) < 4.78 is 5.05. The van der Waals surface area contributed by atoms with Crippen LogP contribution in [-0.4, -0.2) is 4.98 Å². The molecule has 2 rings (SSSR count). The highest BCUT2D eigenvalue weighted by Gasteiger charge is 2.23. The van der Waals surface area contributed by atoms with Crippen LogP contribution in [0.4, 0.5) is 0 Å². The van der Waals surface area contributed by atoms with E-state index in [1.165, 1.54) is 12.8 Å². The maximum atomic E-state index is 5.05. The molecule has 0 aromatic carbocycles. The van der Waals surface area contributed by atoms with Crippen LogP contribution >= 0.6 is 0 Å². The van der Waals surface area contributed by atoms with Gasteiger partial charge in [0.25, 0.3) is 0 Å². The van der Waals surface area contributed by atoms with E-state index in [9.17, 15) is 0 Å². The first-order valence-corrected chi connectivity index (χ1v) is 3.17. The van der Waals surface area contributed by atoms with Gasteiger partial charge in [-0.25, -0.2) is 4.98 Å². The van der Waals surface area contributed by atoms with Gasteiger partial charge < -0.3 is 4.42 Å². The van der Waals surface area contributed by atoms with E-state index >= 15 is 0 Å². The van der Waals surface area contributed by atoms with Crippen LogP contribution in [-0.2, 0) is 6.42 Å². The molecule has 0 spiro atoms. The van der Waals surface area contributed by atoms with E-state index in [1.54, 1.807) is 18.4 Å². The van der Waals surface area contributed by atoms with Gasteiger partial charge in [0, 0.05) is 6.42 Å². The Morgan fingerprint density at radius 2 is 2.44 bits per heavy atom. The van der Waals surface area contributed by atoms with Gasteiger partial charge in [0.05, 0.1) is 6.20 Å². The minimum absolute atomic E-state index is 0.863. The minimum atomic E-state index is 0.863. The molecule has 0 atom stereocenters. The number of rotatable bonds is 2. The van der Waals surface area contributed by atoms with Crippen molar-refractivity contribution in [1.29, 1.82) is 0 Å². The first-order chi connectivity index (χ1) is 4.45. The van der Waals surface area contributed by atoms with Gasteiger partial charge in [-0.05, 0) is 18.8 Å². The fourth-order valence-electron chi connectivity index (χ4n) is 0.819. The second-order valence-electron chi connectivity index (χ2n) is 2.35. The molecule has 1 aliphatic carbocycles. The van der Waals surface area contributed by atoms with Crippen molar-refractivity contribution in [2.75, 3.05) is 0 Å². The molecule has 1 radical (unpaired) electrons. The fourth-order valence-corrected chi connectivity index (χ4v) is 0.819. The highest BCUT2D eigenvalue weighted by Crippen LogP contribution is 2.34. The fraction of sp³-hybridized carbons (Fsp3) is 0.429. The summed E-state index contributed by atoms with van der Waals surface area (Å²) in [5.41, 5.74) is 0. The van der Waals surface area contributed by atoms with Crippen LogP contribution in [0.3, 0.4) is 0 Å². The first-order valence-electron chi connectivity index (χ1n) is 3.17. The summed E-state index contributed by atoms with van der Waals surface area (Å²) in [5.74, 6) is 2.43. The van der Waals surface area contributed by atoms with Gasteiger partial charge in [0.2, 0.25) is 0 Å². The smallest absolute Gasteiger partial charge is 0.194 e. The standard InChI is InChI=1S/C7H8NO/c1-2-6(1)5-7-8-3-4-9-7/h3-4H,1-2,5H2. The van der Waals surface area contributed by atoms with Crippen molar-refractivity contribution >= 4 is 0 Å². The van der Waals surface area contributed by atoms with E-state index in [-0.39, 0.29) is 0 Å². The first kappa shape index (κ1) is 5.03. The molecule has 1 heterocycles. The van der Waals surface area contributed by atoms with Crippen LogP contribution in [0.15, 0.2) is 16.9 Å². The van der Waals surface area contributed by atoms with Crippen LogP contribution in [0, 0.1) is 5.92 Å². The molecule has 1 aromatic heterocycles. The second kappa shape index (κ2) is 1.87.